The van der Waals surface area contributed by atoms with E-state index in [0.717, 1.165) is 16.1 Å². The van der Waals surface area contributed by atoms with E-state index in [1.54, 1.807) is 11.6 Å². The number of anilines is 2. The highest BCUT2D eigenvalue weighted by atomic mass is 32.2. The number of carbonyl (C=O) groups excluding carboxylic acids is 1. The number of halogens is 1. The average molecular weight is 464 g/mol. The molecule has 1 amide bonds. The molecule has 1 N–H and O–H groups in total. The van der Waals surface area contributed by atoms with Gasteiger partial charge in [-0.15, -0.1) is 10.2 Å². The number of nitrogens with one attached hydrogen (secondary N) is 1. The first-order chi connectivity index (χ1) is 14.6. The maximum atomic E-state index is 13.2. The molecule has 2 aromatic carbocycles. The first kappa shape index (κ1) is 22.8. The van der Waals surface area contributed by atoms with Crippen LogP contribution in [0.1, 0.15) is 11.4 Å². The van der Waals surface area contributed by atoms with Crippen molar-refractivity contribution in [3.63, 3.8) is 0 Å². The van der Waals surface area contributed by atoms with Crippen LogP contribution in [0.3, 0.4) is 0 Å². The molecule has 8 nitrogen and oxygen atoms in total. The van der Waals surface area contributed by atoms with E-state index in [1.807, 2.05) is 31.2 Å². The Balaban J connectivity index is 1.67. The summed E-state index contributed by atoms with van der Waals surface area (Å²) in [6.07, 6.45) is 1.07. The van der Waals surface area contributed by atoms with Crippen molar-refractivity contribution in [1.29, 1.82) is 0 Å². The number of aryl methyl sites for hydroxylation is 1. The zero-order valence-corrected chi connectivity index (χ0v) is 18.9. The van der Waals surface area contributed by atoms with E-state index in [1.165, 1.54) is 36.0 Å². The van der Waals surface area contributed by atoms with Crippen LogP contribution in [-0.2, 0) is 28.4 Å². The van der Waals surface area contributed by atoms with Gasteiger partial charge in [0.15, 0.2) is 11.0 Å². The summed E-state index contributed by atoms with van der Waals surface area (Å²) in [6, 6.07) is 12.6. The van der Waals surface area contributed by atoms with Crippen LogP contribution in [0.4, 0.5) is 15.8 Å². The monoisotopic (exact) mass is 463 g/mol. The Kier molecular flexibility index (Phi) is 6.96. The van der Waals surface area contributed by atoms with Crippen molar-refractivity contribution in [1.82, 2.24) is 14.8 Å². The van der Waals surface area contributed by atoms with E-state index in [-0.39, 0.29) is 18.2 Å². The Labute approximate surface area is 184 Å². The summed E-state index contributed by atoms with van der Waals surface area (Å²) < 4.78 is 40.5. The fourth-order valence-electron chi connectivity index (χ4n) is 2.71. The molecule has 0 unspecified atom stereocenters. The lowest BCUT2D eigenvalue weighted by Gasteiger charge is -2.21. The van der Waals surface area contributed by atoms with Crippen molar-refractivity contribution in [2.24, 2.45) is 7.05 Å². The zero-order valence-electron chi connectivity index (χ0n) is 17.2. The largest absolute Gasteiger partial charge is 0.325 e. The van der Waals surface area contributed by atoms with Crippen LogP contribution < -0.4 is 9.62 Å². The second-order valence-electron chi connectivity index (χ2n) is 6.91. The number of rotatable bonds is 8. The summed E-state index contributed by atoms with van der Waals surface area (Å²) >= 11 is 1.19. The van der Waals surface area contributed by atoms with Crippen molar-refractivity contribution in [2.45, 2.75) is 18.6 Å². The highest BCUT2D eigenvalue weighted by molar-refractivity contribution is 7.99. The maximum Gasteiger partial charge on any atom is 0.234 e. The first-order valence-corrected chi connectivity index (χ1v) is 12.1. The van der Waals surface area contributed by atoms with Crippen molar-refractivity contribution in [3.05, 3.63) is 65.7 Å². The summed E-state index contributed by atoms with van der Waals surface area (Å²) in [5.41, 5.74) is 2.12. The molecule has 0 atom stereocenters. The van der Waals surface area contributed by atoms with Gasteiger partial charge in [-0.2, -0.15) is 0 Å². The minimum absolute atomic E-state index is 0.0793. The van der Waals surface area contributed by atoms with Gasteiger partial charge in [-0.1, -0.05) is 29.5 Å². The summed E-state index contributed by atoms with van der Waals surface area (Å²) in [5.74, 6) is -0.148. The fourth-order valence-corrected chi connectivity index (χ4v) is 4.29. The lowest BCUT2D eigenvalue weighted by molar-refractivity contribution is -0.113. The Morgan fingerprint density at radius 2 is 1.77 bits per heavy atom. The van der Waals surface area contributed by atoms with Gasteiger partial charge in [-0.3, -0.25) is 9.10 Å². The number of nitrogens with zero attached hydrogens (tertiary/aromatic N) is 4. The molecule has 164 valence electrons. The van der Waals surface area contributed by atoms with Gasteiger partial charge in [0, 0.05) is 12.7 Å². The third-order valence-corrected chi connectivity index (χ3v) is 6.55. The zero-order chi connectivity index (χ0) is 22.6. The second kappa shape index (κ2) is 9.48. The molecule has 3 rings (SSSR count). The van der Waals surface area contributed by atoms with Crippen LogP contribution in [-0.4, -0.2) is 41.1 Å². The summed E-state index contributed by atoms with van der Waals surface area (Å²) in [5, 5.41) is 11.4. The maximum absolute atomic E-state index is 13.2. The summed E-state index contributed by atoms with van der Waals surface area (Å²) in [4.78, 5) is 12.2. The van der Waals surface area contributed by atoms with Gasteiger partial charge in [0.2, 0.25) is 15.9 Å². The molecule has 0 saturated carbocycles. The minimum atomic E-state index is -3.64. The van der Waals surface area contributed by atoms with E-state index < -0.39 is 15.8 Å². The van der Waals surface area contributed by atoms with Crippen molar-refractivity contribution >= 4 is 39.1 Å². The number of hydrogen-bond donors (Lipinski definition) is 1. The van der Waals surface area contributed by atoms with Crippen LogP contribution in [0.15, 0.2) is 53.7 Å². The number of amides is 1. The summed E-state index contributed by atoms with van der Waals surface area (Å²) in [6.45, 7) is 1.89. The topological polar surface area (TPSA) is 97.2 Å². The third-order valence-electron chi connectivity index (χ3n) is 4.39. The number of carbonyl (C=O) groups is 1. The standard InChI is InChI=1S/C20H22FN5O3S2/c1-14-4-8-16(9-5-14)22-19(27)13-30-20-24-23-18(25(20)2)12-26(31(3,28)29)17-10-6-15(21)7-11-17/h4-11H,12-13H2,1-3H3,(H,22,27). The molecule has 3 aromatic rings. The van der Waals surface area contributed by atoms with Crippen LogP contribution in [0.5, 0.6) is 0 Å². The van der Waals surface area contributed by atoms with E-state index in [9.17, 15) is 17.6 Å². The van der Waals surface area contributed by atoms with Gasteiger partial charge in [-0.25, -0.2) is 12.8 Å². The van der Waals surface area contributed by atoms with Gasteiger partial charge in [0.1, 0.15) is 5.82 Å². The van der Waals surface area contributed by atoms with Crippen LogP contribution in [0.25, 0.3) is 0 Å². The number of hydrogen-bond acceptors (Lipinski definition) is 6. The molecule has 0 aliphatic carbocycles. The molecule has 0 fully saturated rings. The van der Waals surface area contributed by atoms with E-state index >= 15 is 0 Å². The lowest BCUT2D eigenvalue weighted by Crippen LogP contribution is -2.30. The number of benzene rings is 2. The molecule has 0 spiro atoms. The van der Waals surface area contributed by atoms with Crippen molar-refractivity contribution in [3.8, 4) is 0 Å². The lowest BCUT2D eigenvalue weighted by atomic mass is 10.2. The number of aromatic nitrogens is 3. The molecule has 31 heavy (non-hydrogen) atoms. The Morgan fingerprint density at radius 3 is 2.39 bits per heavy atom. The van der Waals surface area contributed by atoms with Crippen molar-refractivity contribution < 1.29 is 17.6 Å². The quantitative estimate of drug-likeness (QED) is 0.516. The number of thioether (sulfide) groups is 1. The third kappa shape index (κ3) is 6.05. The predicted octanol–water partition coefficient (Wildman–Crippen LogP) is 2.96. The Morgan fingerprint density at radius 1 is 1.13 bits per heavy atom. The molecule has 0 saturated heterocycles. The molecule has 0 aliphatic rings. The molecular weight excluding hydrogens is 441 g/mol. The van der Waals surface area contributed by atoms with Gasteiger partial charge in [-0.05, 0) is 43.3 Å². The average Bonchev–Trinajstić information content (AvgIpc) is 3.06. The van der Waals surface area contributed by atoms with Crippen molar-refractivity contribution in [2.75, 3.05) is 21.6 Å². The Bertz CT molecular complexity index is 1160. The molecule has 1 heterocycles. The first-order valence-electron chi connectivity index (χ1n) is 9.24. The summed E-state index contributed by atoms with van der Waals surface area (Å²) in [7, 11) is -1.95. The SMILES string of the molecule is Cc1ccc(NC(=O)CSc2nnc(CN(c3ccc(F)cc3)S(C)(=O)=O)n2C)cc1. The molecule has 0 radical (unpaired) electrons. The molecule has 1 aromatic heterocycles. The van der Waals surface area contributed by atoms with Gasteiger partial charge in [0.05, 0.1) is 24.2 Å². The normalized spacial score (nSPS) is 11.4. The van der Waals surface area contributed by atoms with Crippen LogP contribution in [0, 0.1) is 12.7 Å². The second-order valence-corrected chi connectivity index (χ2v) is 9.76. The van der Waals surface area contributed by atoms with Gasteiger partial charge >= 0.3 is 0 Å². The fraction of sp³-hybridized carbons (Fsp3) is 0.250. The molecule has 11 heteroatoms. The molecular formula is C20H22FN5O3S2. The predicted molar refractivity (Wildman–Crippen MR) is 119 cm³/mol. The van der Waals surface area contributed by atoms with Gasteiger partial charge < -0.3 is 9.88 Å². The Hall–Kier alpha value is -2.92. The van der Waals surface area contributed by atoms with E-state index in [2.05, 4.69) is 15.5 Å². The van der Waals surface area contributed by atoms with E-state index in [0.29, 0.717) is 22.4 Å². The highest BCUT2D eigenvalue weighted by Crippen LogP contribution is 2.22. The number of sulfonamides is 1. The van der Waals surface area contributed by atoms with Gasteiger partial charge in [0.25, 0.3) is 0 Å². The van der Waals surface area contributed by atoms with Crippen LogP contribution in [0.2, 0.25) is 0 Å². The highest BCUT2D eigenvalue weighted by Gasteiger charge is 2.22. The molecule has 0 aliphatic heterocycles. The molecule has 0 bridgehead atoms. The van der Waals surface area contributed by atoms with Crippen LogP contribution >= 0.6 is 11.8 Å². The minimum Gasteiger partial charge on any atom is -0.325 e. The van der Waals surface area contributed by atoms with E-state index in [4.69, 9.17) is 0 Å². The smallest absolute Gasteiger partial charge is 0.234 e.